The average molecular weight is 225 g/mol. The van der Waals surface area contributed by atoms with E-state index in [9.17, 15) is 4.79 Å². The zero-order chi connectivity index (χ0) is 11.8. The van der Waals surface area contributed by atoms with Crippen molar-refractivity contribution in [1.29, 1.82) is 0 Å². The molecule has 0 radical (unpaired) electrons. The van der Waals surface area contributed by atoms with Crippen LogP contribution in [0.2, 0.25) is 0 Å². The van der Waals surface area contributed by atoms with Crippen LogP contribution < -0.4 is 5.32 Å². The van der Waals surface area contributed by atoms with E-state index < -0.39 is 0 Å². The number of carbonyl (C=O) groups excluding carboxylic acids is 1. The Morgan fingerprint density at radius 2 is 1.82 bits per heavy atom. The number of rotatable bonds is 1. The molecule has 3 rings (SSSR count). The highest BCUT2D eigenvalue weighted by molar-refractivity contribution is 6.13. The summed E-state index contributed by atoms with van der Waals surface area (Å²) >= 11 is 0. The molecule has 0 atom stereocenters. The Labute approximate surface area is 98.0 Å². The third-order valence-electron chi connectivity index (χ3n) is 2.71. The molecule has 0 unspecified atom stereocenters. The second-order valence-electron chi connectivity index (χ2n) is 3.96. The fourth-order valence-electron chi connectivity index (χ4n) is 2.07. The van der Waals surface area contributed by atoms with Crippen LogP contribution in [0, 0.1) is 0 Å². The SMILES string of the molecule is CC(=O)Nc1cccc2oc3ccccc3c12. The Hall–Kier alpha value is -2.29. The fraction of sp³-hybridized carbons (Fsp3) is 0.0714. The number of benzene rings is 2. The summed E-state index contributed by atoms with van der Waals surface area (Å²) in [6.07, 6.45) is 0. The van der Waals surface area contributed by atoms with Crippen LogP contribution in [0.5, 0.6) is 0 Å². The zero-order valence-corrected chi connectivity index (χ0v) is 9.36. The van der Waals surface area contributed by atoms with Crippen molar-refractivity contribution < 1.29 is 9.21 Å². The lowest BCUT2D eigenvalue weighted by Gasteiger charge is -2.02. The number of fused-ring (bicyclic) bond motifs is 3. The van der Waals surface area contributed by atoms with Gasteiger partial charge in [0.25, 0.3) is 0 Å². The molecule has 0 aliphatic heterocycles. The molecule has 3 nitrogen and oxygen atoms in total. The minimum atomic E-state index is -0.0808. The van der Waals surface area contributed by atoms with Crippen molar-refractivity contribution in [2.45, 2.75) is 6.92 Å². The monoisotopic (exact) mass is 225 g/mol. The number of para-hydroxylation sites is 1. The van der Waals surface area contributed by atoms with Crippen LogP contribution in [0.15, 0.2) is 46.9 Å². The molecule has 1 aromatic heterocycles. The lowest BCUT2D eigenvalue weighted by Crippen LogP contribution is -2.05. The molecule has 0 saturated carbocycles. The van der Waals surface area contributed by atoms with Crippen molar-refractivity contribution >= 4 is 33.5 Å². The Balaban J connectivity index is 2.39. The van der Waals surface area contributed by atoms with E-state index in [0.29, 0.717) is 0 Å². The van der Waals surface area contributed by atoms with Gasteiger partial charge in [0.15, 0.2) is 0 Å². The van der Waals surface area contributed by atoms with Crippen molar-refractivity contribution in [2.24, 2.45) is 0 Å². The van der Waals surface area contributed by atoms with Crippen LogP contribution in [0.25, 0.3) is 21.9 Å². The van der Waals surface area contributed by atoms with Crippen LogP contribution in [-0.2, 0) is 4.79 Å². The largest absolute Gasteiger partial charge is 0.456 e. The minimum absolute atomic E-state index is 0.0808. The van der Waals surface area contributed by atoms with Gasteiger partial charge < -0.3 is 9.73 Å². The Bertz CT molecular complexity index is 712. The lowest BCUT2D eigenvalue weighted by atomic mass is 10.1. The highest BCUT2D eigenvalue weighted by Gasteiger charge is 2.10. The molecule has 0 saturated heterocycles. The van der Waals surface area contributed by atoms with E-state index in [1.807, 2.05) is 42.5 Å². The Morgan fingerprint density at radius 3 is 2.65 bits per heavy atom. The predicted octanol–water partition coefficient (Wildman–Crippen LogP) is 3.54. The molecular weight excluding hydrogens is 214 g/mol. The van der Waals surface area contributed by atoms with Crippen molar-refractivity contribution in [1.82, 2.24) is 0 Å². The smallest absolute Gasteiger partial charge is 0.221 e. The molecule has 1 N–H and O–H groups in total. The van der Waals surface area contributed by atoms with Gasteiger partial charge in [-0.15, -0.1) is 0 Å². The minimum Gasteiger partial charge on any atom is -0.456 e. The summed E-state index contributed by atoms with van der Waals surface area (Å²) in [5.41, 5.74) is 2.41. The van der Waals surface area contributed by atoms with Crippen molar-refractivity contribution in [3.63, 3.8) is 0 Å². The Morgan fingerprint density at radius 1 is 1.06 bits per heavy atom. The highest BCUT2D eigenvalue weighted by atomic mass is 16.3. The predicted molar refractivity (Wildman–Crippen MR) is 68.0 cm³/mol. The quantitative estimate of drug-likeness (QED) is 0.688. The van der Waals surface area contributed by atoms with E-state index in [2.05, 4.69) is 5.32 Å². The van der Waals surface area contributed by atoms with Crippen LogP contribution >= 0.6 is 0 Å². The average Bonchev–Trinajstić information content (AvgIpc) is 2.67. The normalized spacial score (nSPS) is 10.9. The maximum Gasteiger partial charge on any atom is 0.221 e. The summed E-state index contributed by atoms with van der Waals surface area (Å²) < 4.78 is 5.72. The Kier molecular flexibility index (Phi) is 2.11. The summed E-state index contributed by atoms with van der Waals surface area (Å²) in [6, 6.07) is 13.5. The van der Waals surface area contributed by atoms with Gasteiger partial charge in [0, 0.05) is 12.3 Å². The first kappa shape index (κ1) is 9.90. The number of hydrogen-bond acceptors (Lipinski definition) is 2. The molecule has 0 aliphatic rings. The first-order chi connectivity index (χ1) is 8.25. The molecule has 0 fully saturated rings. The molecule has 0 spiro atoms. The molecule has 1 amide bonds. The molecular formula is C14H11NO2. The van der Waals surface area contributed by atoms with Crippen LogP contribution in [0.4, 0.5) is 5.69 Å². The van der Waals surface area contributed by atoms with Gasteiger partial charge in [0.05, 0.1) is 11.1 Å². The summed E-state index contributed by atoms with van der Waals surface area (Å²) in [5, 5.41) is 4.80. The van der Waals surface area contributed by atoms with Gasteiger partial charge in [-0.25, -0.2) is 0 Å². The van der Waals surface area contributed by atoms with Crippen LogP contribution in [-0.4, -0.2) is 5.91 Å². The number of furan rings is 1. The van der Waals surface area contributed by atoms with Gasteiger partial charge in [-0.1, -0.05) is 24.3 Å². The molecule has 0 aliphatic carbocycles. The second-order valence-corrected chi connectivity index (χ2v) is 3.96. The standard InChI is InChI=1S/C14H11NO2/c1-9(16)15-11-6-4-8-13-14(11)10-5-2-3-7-12(10)17-13/h2-8H,1H3,(H,15,16). The molecule has 3 aromatic rings. The first-order valence-electron chi connectivity index (χ1n) is 5.43. The summed E-state index contributed by atoms with van der Waals surface area (Å²) in [4.78, 5) is 11.2. The maximum absolute atomic E-state index is 11.2. The molecule has 2 aromatic carbocycles. The van der Waals surface area contributed by atoms with Crippen molar-refractivity contribution in [3.05, 3.63) is 42.5 Å². The van der Waals surface area contributed by atoms with Gasteiger partial charge in [0.1, 0.15) is 11.2 Å². The molecule has 0 bridgehead atoms. The van der Waals surface area contributed by atoms with Crippen LogP contribution in [0.1, 0.15) is 6.92 Å². The zero-order valence-electron chi connectivity index (χ0n) is 9.36. The van der Waals surface area contributed by atoms with Crippen molar-refractivity contribution in [3.8, 4) is 0 Å². The number of amides is 1. The van der Waals surface area contributed by atoms with E-state index in [1.54, 1.807) is 0 Å². The lowest BCUT2D eigenvalue weighted by molar-refractivity contribution is -0.114. The topological polar surface area (TPSA) is 42.2 Å². The van der Waals surface area contributed by atoms with Crippen molar-refractivity contribution in [2.75, 3.05) is 5.32 Å². The first-order valence-corrected chi connectivity index (χ1v) is 5.43. The maximum atomic E-state index is 11.2. The number of nitrogens with one attached hydrogen (secondary N) is 1. The van der Waals surface area contributed by atoms with Gasteiger partial charge in [-0.3, -0.25) is 4.79 Å². The van der Waals surface area contributed by atoms with Gasteiger partial charge in [-0.05, 0) is 18.2 Å². The van der Waals surface area contributed by atoms with E-state index >= 15 is 0 Å². The highest BCUT2D eigenvalue weighted by Crippen LogP contribution is 2.33. The second kappa shape index (κ2) is 3.63. The molecule has 84 valence electrons. The molecule has 3 heteroatoms. The van der Waals surface area contributed by atoms with Gasteiger partial charge in [-0.2, -0.15) is 0 Å². The van der Waals surface area contributed by atoms with Crippen LogP contribution in [0.3, 0.4) is 0 Å². The fourth-order valence-corrected chi connectivity index (χ4v) is 2.07. The molecule has 17 heavy (non-hydrogen) atoms. The van der Waals surface area contributed by atoms with Gasteiger partial charge >= 0.3 is 0 Å². The summed E-state index contributed by atoms with van der Waals surface area (Å²) in [7, 11) is 0. The molecule has 1 heterocycles. The third-order valence-corrected chi connectivity index (χ3v) is 2.71. The number of hydrogen-bond donors (Lipinski definition) is 1. The van der Waals surface area contributed by atoms with E-state index in [1.165, 1.54) is 6.92 Å². The number of anilines is 1. The summed E-state index contributed by atoms with van der Waals surface area (Å²) in [6.45, 7) is 1.50. The number of carbonyl (C=O) groups is 1. The summed E-state index contributed by atoms with van der Waals surface area (Å²) in [5.74, 6) is -0.0808. The van der Waals surface area contributed by atoms with E-state index in [4.69, 9.17) is 4.42 Å². The van der Waals surface area contributed by atoms with E-state index in [-0.39, 0.29) is 5.91 Å². The van der Waals surface area contributed by atoms with E-state index in [0.717, 1.165) is 27.6 Å². The van der Waals surface area contributed by atoms with Gasteiger partial charge in [0.2, 0.25) is 5.91 Å². The third kappa shape index (κ3) is 1.56.